The van der Waals surface area contributed by atoms with Crippen molar-refractivity contribution in [3.8, 4) is 6.07 Å². The highest BCUT2D eigenvalue weighted by Crippen LogP contribution is 2.38. The van der Waals surface area contributed by atoms with Gasteiger partial charge in [-0.1, -0.05) is 12.1 Å². The summed E-state index contributed by atoms with van der Waals surface area (Å²) in [5, 5.41) is 9.42. The molecule has 0 spiro atoms. The molecule has 2 aromatic rings. The van der Waals surface area contributed by atoms with E-state index in [1.165, 1.54) is 23.8 Å². The molecule has 0 unspecified atom stereocenters. The van der Waals surface area contributed by atoms with Crippen molar-refractivity contribution in [1.82, 2.24) is 4.98 Å². The van der Waals surface area contributed by atoms with E-state index >= 15 is 0 Å². The molecular weight excluding hydrogens is 400 g/mol. The molecule has 9 heteroatoms. The third-order valence-corrected chi connectivity index (χ3v) is 5.11. The Morgan fingerprint density at radius 3 is 2.60 bits per heavy atom. The number of amides is 1. The summed E-state index contributed by atoms with van der Waals surface area (Å²) in [6.07, 6.45) is -6.44. The summed E-state index contributed by atoms with van der Waals surface area (Å²) in [4.78, 5) is 19.7. The molecule has 1 fully saturated rings. The average Bonchev–Trinajstić information content (AvgIpc) is 3.06. The zero-order valence-electron chi connectivity index (χ0n) is 16.7. The standard InChI is InChI=1S/C21H20F4N4O/c1-12-5-4-6-14(9-12)28(3)20(30)18-17(22)7-8-29(18)19-15(11-26)16(21(23,24)25)10-13(2)27-19/h4-6,9-10,17-18H,7-8H2,1-3H3/t17-,18-/m0/s1. The van der Waals surface area contributed by atoms with E-state index in [1.807, 2.05) is 13.0 Å². The number of hydrogen-bond acceptors (Lipinski definition) is 4. The van der Waals surface area contributed by atoms with Crippen molar-refractivity contribution in [2.24, 2.45) is 0 Å². The predicted octanol–water partition coefficient (Wildman–Crippen LogP) is 4.17. The van der Waals surface area contributed by atoms with Gasteiger partial charge < -0.3 is 9.80 Å². The Bertz CT molecular complexity index is 1020. The Morgan fingerprint density at radius 2 is 2.00 bits per heavy atom. The molecule has 1 aromatic carbocycles. The number of aryl methyl sites for hydroxylation is 2. The van der Waals surface area contributed by atoms with Crippen molar-refractivity contribution in [2.45, 2.75) is 38.7 Å². The highest BCUT2D eigenvalue weighted by Gasteiger charge is 2.45. The number of anilines is 2. The molecule has 0 N–H and O–H groups in total. The summed E-state index contributed by atoms with van der Waals surface area (Å²) in [5.74, 6) is -0.938. The summed E-state index contributed by atoms with van der Waals surface area (Å²) in [7, 11) is 1.48. The maximum Gasteiger partial charge on any atom is 0.417 e. The van der Waals surface area contributed by atoms with Gasteiger partial charge in [0.15, 0.2) is 0 Å². The van der Waals surface area contributed by atoms with Gasteiger partial charge in [-0.2, -0.15) is 18.4 Å². The van der Waals surface area contributed by atoms with E-state index in [9.17, 15) is 27.6 Å². The lowest BCUT2D eigenvalue weighted by Crippen LogP contribution is -2.48. The van der Waals surface area contributed by atoms with E-state index < -0.39 is 35.4 Å². The number of carbonyl (C=O) groups is 1. The van der Waals surface area contributed by atoms with Crippen LogP contribution in [0.3, 0.4) is 0 Å². The van der Waals surface area contributed by atoms with E-state index in [4.69, 9.17) is 0 Å². The van der Waals surface area contributed by atoms with E-state index in [0.717, 1.165) is 11.6 Å². The molecule has 1 amide bonds. The summed E-state index contributed by atoms with van der Waals surface area (Å²) in [5.41, 5.74) is -0.398. The van der Waals surface area contributed by atoms with Gasteiger partial charge in [0.05, 0.1) is 5.56 Å². The number of likely N-dealkylation sites (N-methyl/N-ethyl adjacent to an activating group) is 1. The van der Waals surface area contributed by atoms with E-state index in [2.05, 4.69) is 4.98 Å². The molecule has 1 aliphatic heterocycles. The first-order valence-corrected chi connectivity index (χ1v) is 9.28. The number of benzene rings is 1. The van der Waals surface area contributed by atoms with Crippen LogP contribution in [-0.4, -0.2) is 36.7 Å². The number of rotatable bonds is 3. The largest absolute Gasteiger partial charge is 0.417 e. The van der Waals surface area contributed by atoms with Crippen LogP contribution in [0.1, 0.15) is 28.8 Å². The lowest BCUT2D eigenvalue weighted by molar-refractivity contribution is -0.137. The molecule has 2 heterocycles. The third-order valence-electron chi connectivity index (χ3n) is 5.11. The van der Waals surface area contributed by atoms with E-state index in [0.29, 0.717) is 5.69 Å². The van der Waals surface area contributed by atoms with E-state index in [-0.39, 0.29) is 24.5 Å². The van der Waals surface area contributed by atoms with Crippen molar-refractivity contribution in [3.63, 3.8) is 0 Å². The molecule has 158 valence electrons. The van der Waals surface area contributed by atoms with Crippen LogP contribution >= 0.6 is 0 Å². The number of nitriles is 1. The van der Waals surface area contributed by atoms with Gasteiger partial charge in [-0.25, -0.2) is 9.37 Å². The summed E-state index contributed by atoms with van der Waals surface area (Å²) >= 11 is 0. The van der Waals surface area contributed by atoms with Crippen LogP contribution in [0.5, 0.6) is 0 Å². The lowest BCUT2D eigenvalue weighted by atomic mass is 10.1. The zero-order valence-corrected chi connectivity index (χ0v) is 16.7. The zero-order chi connectivity index (χ0) is 22.2. The summed E-state index contributed by atoms with van der Waals surface area (Å²) in [6.45, 7) is 3.18. The first kappa shape index (κ1) is 21.6. The van der Waals surface area contributed by atoms with Gasteiger partial charge in [-0.3, -0.25) is 4.79 Å². The van der Waals surface area contributed by atoms with Crippen LogP contribution in [0.4, 0.5) is 29.1 Å². The quantitative estimate of drug-likeness (QED) is 0.700. The lowest BCUT2D eigenvalue weighted by Gasteiger charge is -2.30. The minimum Gasteiger partial charge on any atom is -0.341 e. The minimum absolute atomic E-state index is 0.0249. The maximum atomic E-state index is 14.8. The Balaban J connectivity index is 2.05. The monoisotopic (exact) mass is 420 g/mol. The first-order chi connectivity index (χ1) is 14.0. The molecule has 3 rings (SSSR count). The fourth-order valence-electron chi connectivity index (χ4n) is 3.64. The molecular formula is C21H20F4N4O. The Kier molecular flexibility index (Phi) is 5.70. The molecule has 1 aliphatic rings. The van der Waals surface area contributed by atoms with Crippen molar-refractivity contribution in [3.05, 3.63) is 52.7 Å². The Morgan fingerprint density at radius 1 is 1.30 bits per heavy atom. The fourth-order valence-corrected chi connectivity index (χ4v) is 3.64. The molecule has 0 bridgehead atoms. The number of nitrogens with zero attached hydrogens (tertiary/aromatic N) is 4. The number of pyridine rings is 1. The van der Waals surface area contributed by atoms with Gasteiger partial charge in [0.1, 0.15) is 29.7 Å². The van der Waals surface area contributed by atoms with E-state index in [1.54, 1.807) is 24.3 Å². The Hall–Kier alpha value is -3.15. The normalized spacial score (nSPS) is 18.9. The smallest absolute Gasteiger partial charge is 0.341 e. The number of carbonyl (C=O) groups excluding carboxylic acids is 1. The van der Waals surface area contributed by atoms with Gasteiger partial charge >= 0.3 is 6.18 Å². The number of halogens is 4. The summed E-state index contributed by atoms with van der Waals surface area (Å²) < 4.78 is 55.1. The van der Waals surface area contributed by atoms with Crippen LogP contribution < -0.4 is 9.80 Å². The van der Waals surface area contributed by atoms with Gasteiger partial charge in [-0.05, 0) is 44.0 Å². The number of alkyl halides is 4. The van der Waals surface area contributed by atoms with Crippen LogP contribution in [0, 0.1) is 25.2 Å². The van der Waals surface area contributed by atoms with Crippen molar-refractivity contribution < 1.29 is 22.4 Å². The second kappa shape index (κ2) is 7.94. The van der Waals surface area contributed by atoms with Gasteiger partial charge in [0.2, 0.25) is 0 Å². The van der Waals surface area contributed by atoms with Crippen LogP contribution in [-0.2, 0) is 11.0 Å². The third kappa shape index (κ3) is 3.95. The molecule has 0 aliphatic carbocycles. The number of aromatic nitrogens is 1. The van der Waals surface area contributed by atoms with Crippen LogP contribution in [0.25, 0.3) is 0 Å². The van der Waals surface area contributed by atoms with Crippen molar-refractivity contribution in [2.75, 3.05) is 23.4 Å². The fraction of sp³-hybridized carbons (Fsp3) is 0.381. The van der Waals surface area contributed by atoms with Crippen LogP contribution in [0.2, 0.25) is 0 Å². The molecule has 30 heavy (non-hydrogen) atoms. The average molecular weight is 420 g/mol. The second-order valence-corrected chi connectivity index (χ2v) is 7.30. The topological polar surface area (TPSA) is 60.2 Å². The number of hydrogen-bond donors (Lipinski definition) is 0. The molecule has 5 nitrogen and oxygen atoms in total. The Labute approximate surface area is 171 Å². The van der Waals surface area contributed by atoms with Crippen molar-refractivity contribution >= 4 is 17.4 Å². The van der Waals surface area contributed by atoms with Crippen LogP contribution in [0.15, 0.2) is 30.3 Å². The molecule has 1 aromatic heterocycles. The van der Waals surface area contributed by atoms with Gasteiger partial charge in [0, 0.05) is 25.0 Å². The summed E-state index contributed by atoms with van der Waals surface area (Å²) in [6, 6.07) is 7.97. The minimum atomic E-state index is -4.78. The first-order valence-electron chi connectivity index (χ1n) is 9.28. The van der Waals surface area contributed by atoms with Gasteiger partial charge in [-0.15, -0.1) is 0 Å². The maximum absolute atomic E-state index is 14.8. The molecule has 1 saturated heterocycles. The molecule has 2 atom stereocenters. The molecule has 0 radical (unpaired) electrons. The highest BCUT2D eigenvalue weighted by molar-refractivity contribution is 5.99. The second-order valence-electron chi connectivity index (χ2n) is 7.30. The predicted molar refractivity (Wildman–Crippen MR) is 104 cm³/mol. The molecule has 0 saturated carbocycles. The highest BCUT2D eigenvalue weighted by atomic mass is 19.4. The van der Waals surface area contributed by atoms with Gasteiger partial charge in [0.25, 0.3) is 5.91 Å². The SMILES string of the molecule is Cc1cccc(N(C)C(=O)[C@@H]2[C@@H](F)CCN2c2nc(C)cc(C(F)(F)F)c2C#N)c1. The van der Waals surface area contributed by atoms with Crippen molar-refractivity contribution in [1.29, 1.82) is 5.26 Å².